The summed E-state index contributed by atoms with van der Waals surface area (Å²) in [5.74, 6) is 0. The maximum absolute atomic E-state index is 11.9. The lowest BCUT2D eigenvalue weighted by atomic mass is 10.1. The molecule has 0 amide bonds. The summed E-state index contributed by atoms with van der Waals surface area (Å²) in [5, 5.41) is 3.16. The van der Waals surface area contributed by atoms with Gasteiger partial charge in [-0.3, -0.25) is 0 Å². The molecule has 1 aromatic carbocycles. The van der Waals surface area contributed by atoms with Crippen LogP contribution >= 0.6 is 0 Å². The van der Waals surface area contributed by atoms with Crippen LogP contribution in [-0.2, 0) is 10.0 Å². The van der Waals surface area contributed by atoms with Crippen LogP contribution in [-0.4, -0.2) is 26.5 Å². The maximum atomic E-state index is 11.9. The Morgan fingerprint density at radius 2 is 1.74 bits per heavy atom. The number of anilines is 1. The highest BCUT2D eigenvalue weighted by Crippen LogP contribution is 2.15. The van der Waals surface area contributed by atoms with Crippen LogP contribution in [0.2, 0.25) is 0 Å². The zero-order valence-electron chi connectivity index (χ0n) is 11.9. The van der Waals surface area contributed by atoms with Gasteiger partial charge in [0.2, 0.25) is 10.0 Å². The molecule has 0 aromatic heterocycles. The second kappa shape index (κ2) is 5.90. The molecule has 0 saturated carbocycles. The average molecular weight is 285 g/mol. The van der Waals surface area contributed by atoms with Gasteiger partial charge in [-0.25, -0.2) is 13.1 Å². The van der Waals surface area contributed by atoms with Crippen LogP contribution in [0.1, 0.15) is 27.7 Å². The van der Waals surface area contributed by atoms with Crippen LogP contribution in [0.3, 0.4) is 0 Å². The van der Waals surface area contributed by atoms with Gasteiger partial charge in [-0.1, -0.05) is 0 Å². The van der Waals surface area contributed by atoms with Crippen LogP contribution < -0.4 is 15.8 Å². The minimum atomic E-state index is -3.42. The van der Waals surface area contributed by atoms with Crippen LogP contribution in [0.5, 0.6) is 0 Å². The van der Waals surface area contributed by atoms with Crippen molar-refractivity contribution in [2.75, 3.05) is 11.9 Å². The summed E-state index contributed by atoms with van der Waals surface area (Å²) in [5.41, 5.74) is 6.40. The Hall–Kier alpha value is -1.11. The highest BCUT2D eigenvalue weighted by atomic mass is 32.2. The molecular formula is C13H23N3O2S. The molecular weight excluding hydrogens is 262 g/mol. The molecule has 6 heteroatoms. The molecule has 0 aliphatic rings. The summed E-state index contributed by atoms with van der Waals surface area (Å²) in [6.45, 7) is 8.04. The Balaban J connectivity index is 2.77. The van der Waals surface area contributed by atoms with Gasteiger partial charge in [0.15, 0.2) is 0 Å². The molecule has 1 aromatic rings. The minimum Gasteiger partial charge on any atom is -0.383 e. The molecule has 0 fully saturated rings. The molecule has 0 heterocycles. The minimum absolute atomic E-state index is 0.124. The van der Waals surface area contributed by atoms with Gasteiger partial charge in [-0.15, -0.1) is 0 Å². The number of nitrogens with one attached hydrogen (secondary N) is 2. The SMILES string of the molecule is CC(C)NS(=O)(=O)c1ccc(NCC(C)(C)N)cc1. The molecule has 0 bridgehead atoms. The summed E-state index contributed by atoms with van der Waals surface area (Å²) in [7, 11) is -3.42. The number of rotatable bonds is 6. The van der Waals surface area contributed by atoms with Crippen molar-refractivity contribution in [3.63, 3.8) is 0 Å². The molecule has 0 radical (unpaired) electrons. The number of hydrogen-bond donors (Lipinski definition) is 3. The molecule has 0 saturated heterocycles. The van der Waals surface area contributed by atoms with Crippen LogP contribution in [0, 0.1) is 0 Å². The Morgan fingerprint density at radius 3 is 2.16 bits per heavy atom. The summed E-state index contributed by atoms with van der Waals surface area (Å²) in [4.78, 5) is 0.263. The summed E-state index contributed by atoms with van der Waals surface area (Å²) in [6, 6.07) is 6.51. The van der Waals surface area contributed by atoms with Gasteiger partial charge in [0.05, 0.1) is 4.90 Å². The zero-order valence-corrected chi connectivity index (χ0v) is 12.7. The molecule has 1 rings (SSSR count). The predicted octanol–water partition coefficient (Wildman–Crippen LogP) is 1.52. The summed E-state index contributed by atoms with van der Waals surface area (Å²) in [6.07, 6.45) is 0. The van der Waals surface area contributed by atoms with E-state index in [0.29, 0.717) is 6.54 Å². The van der Waals surface area contributed by atoms with Gasteiger partial charge in [0, 0.05) is 23.8 Å². The number of benzene rings is 1. The highest BCUT2D eigenvalue weighted by molar-refractivity contribution is 7.89. The number of sulfonamides is 1. The molecule has 0 aliphatic carbocycles. The largest absolute Gasteiger partial charge is 0.383 e. The van der Waals surface area contributed by atoms with Crippen molar-refractivity contribution < 1.29 is 8.42 Å². The van der Waals surface area contributed by atoms with Gasteiger partial charge in [-0.2, -0.15) is 0 Å². The normalized spacial score (nSPS) is 12.7. The molecule has 4 N–H and O–H groups in total. The van der Waals surface area contributed by atoms with E-state index in [1.807, 2.05) is 13.8 Å². The lowest BCUT2D eigenvalue weighted by Crippen LogP contribution is -2.39. The topological polar surface area (TPSA) is 84.2 Å². The van der Waals surface area contributed by atoms with E-state index in [1.54, 1.807) is 38.1 Å². The number of nitrogens with two attached hydrogens (primary N) is 1. The predicted molar refractivity (Wildman–Crippen MR) is 78.7 cm³/mol. The second-order valence-corrected chi connectivity index (χ2v) is 7.36. The van der Waals surface area contributed by atoms with Crippen LogP contribution in [0.25, 0.3) is 0 Å². The first-order chi connectivity index (χ1) is 8.60. The average Bonchev–Trinajstić information content (AvgIpc) is 2.24. The summed E-state index contributed by atoms with van der Waals surface area (Å²) < 4.78 is 26.4. The third-order valence-electron chi connectivity index (χ3n) is 2.30. The first kappa shape index (κ1) is 15.9. The zero-order chi connectivity index (χ0) is 14.7. The van der Waals surface area contributed by atoms with Gasteiger partial charge in [0.25, 0.3) is 0 Å². The first-order valence-electron chi connectivity index (χ1n) is 6.25. The van der Waals surface area contributed by atoms with Crippen molar-refractivity contribution >= 4 is 15.7 Å². The molecule has 108 valence electrons. The van der Waals surface area contributed by atoms with E-state index in [-0.39, 0.29) is 16.5 Å². The molecule has 0 aliphatic heterocycles. The van der Waals surface area contributed by atoms with E-state index in [4.69, 9.17) is 5.73 Å². The Morgan fingerprint density at radius 1 is 1.21 bits per heavy atom. The van der Waals surface area contributed by atoms with Gasteiger partial charge < -0.3 is 11.1 Å². The maximum Gasteiger partial charge on any atom is 0.240 e. The van der Waals surface area contributed by atoms with Gasteiger partial charge in [0.1, 0.15) is 0 Å². The van der Waals surface area contributed by atoms with E-state index < -0.39 is 10.0 Å². The van der Waals surface area contributed by atoms with Gasteiger partial charge in [-0.05, 0) is 52.0 Å². The van der Waals surface area contributed by atoms with Crippen LogP contribution in [0.4, 0.5) is 5.69 Å². The van der Waals surface area contributed by atoms with Crippen molar-refractivity contribution in [2.24, 2.45) is 5.73 Å². The Labute approximate surface area is 115 Å². The monoisotopic (exact) mass is 285 g/mol. The smallest absolute Gasteiger partial charge is 0.240 e. The number of hydrogen-bond acceptors (Lipinski definition) is 4. The molecule has 19 heavy (non-hydrogen) atoms. The van der Waals surface area contributed by atoms with Crippen molar-refractivity contribution in [1.82, 2.24) is 4.72 Å². The van der Waals surface area contributed by atoms with E-state index >= 15 is 0 Å². The molecule has 0 unspecified atom stereocenters. The van der Waals surface area contributed by atoms with E-state index in [0.717, 1.165) is 5.69 Å². The lowest BCUT2D eigenvalue weighted by Gasteiger charge is -2.20. The van der Waals surface area contributed by atoms with Gasteiger partial charge >= 0.3 is 0 Å². The third kappa shape index (κ3) is 5.59. The van der Waals surface area contributed by atoms with E-state index in [1.165, 1.54) is 0 Å². The fourth-order valence-corrected chi connectivity index (χ4v) is 2.71. The van der Waals surface area contributed by atoms with Crippen molar-refractivity contribution in [3.05, 3.63) is 24.3 Å². The Bertz CT molecular complexity index is 502. The fourth-order valence-electron chi connectivity index (χ4n) is 1.46. The lowest BCUT2D eigenvalue weighted by molar-refractivity contribution is 0.549. The molecule has 5 nitrogen and oxygen atoms in total. The van der Waals surface area contributed by atoms with E-state index in [9.17, 15) is 8.42 Å². The molecule has 0 spiro atoms. The Kier molecular flexibility index (Phi) is 4.95. The fraction of sp³-hybridized carbons (Fsp3) is 0.538. The first-order valence-corrected chi connectivity index (χ1v) is 7.74. The highest BCUT2D eigenvalue weighted by Gasteiger charge is 2.15. The standard InChI is InChI=1S/C13H23N3O2S/c1-10(2)16-19(17,18)12-7-5-11(6-8-12)15-9-13(3,4)14/h5-8,10,15-16H,9,14H2,1-4H3. The van der Waals surface area contributed by atoms with Crippen molar-refractivity contribution in [3.8, 4) is 0 Å². The second-order valence-electron chi connectivity index (χ2n) is 5.64. The van der Waals surface area contributed by atoms with Crippen LogP contribution in [0.15, 0.2) is 29.2 Å². The van der Waals surface area contributed by atoms with E-state index in [2.05, 4.69) is 10.0 Å². The van der Waals surface area contributed by atoms with Crippen molar-refractivity contribution in [1.29, 1.82) is 0 Å². The third-order valence-corrected chi connectivity index (χ3v) is 3.98. The molecule has 0 atom stereocenters. The summed E-state index contributed by atoms with van der Waals surface area (Å²) >= 11 is 0. The van der Waals surface area contributed by atoms with Crippen molar-refractivity contribution in [2.45, 2.75) is 44.2 Å². The quantitative estimate of drug-likeness (QED) is 0.740.